The van der Waals surface area contributed by atoms with Crippen LogP contribution in [0, 0.1) is 5.92 Å². The molecular weight excluding hydrogens is 188 g/mol. The Morgan fingerprint density at radius 2 is 2.15 bits per heavy atom. The van der Waals surface area contributed by atoms with Gasteiger partial charge < -0.3 is 0 Å². The van der Waals surface area contributed by atoms with Crippen LogP contribution in [0.15, 0.2) is 0 Å². The van der Waals surface area contributed by atoms with Gasteiger partial charge in [-0.2, -0.15) is 0 Å². The predicted molar refractivity (Wildman–Crippen MR) is 49.3 cm³/mol. The summed E-state index contributed by atoms with van der Waals surface area (Å²) in [4.78, 5) is 0. The van der Waals surface area contributed by atoms with Crippen LogP contribution in [0.4, 0.5) is 0 Å². The Hall–Kier alpha value is -0.640. The second-order valence-corrected chi connectivity index (χ2v) is 3.83. The minimum Gasteiger partial charge on any atom is -0.228 e. The Morgan fingerprint density at radius 3 is 2.85 bits per heavy atom. The molecule has 0 aromatic carbocycles. The molecule has 4 nitrogen and oxygen atoms in total. The molecule has 0 spiro atoms. The number of hydrogen-bond donors (Lipinski definition) is 0. The van der Waals surface area contributed by atoms with Crippen molar-refractivity contribution >= 4 is 11.6 Å². The van der Waals surface area contributed by atoms with Crippen molar-refractivity contribution in [2.45, 2.75) is 38.1 Å². The summed E-state index contributed by atoms with van der Waals surface area (Å²) in [5.41, 5.74) is 0. The monoisotopic (exact) mass is 200 g/mol. The van der Waals surface area contributed by atoms with E-state index in [9.17, 15) is 0 Å². The number of hydrogen-bond acceptors (Lipinski definition) is 3. The topological polar surface area (TPSA) is 43.6 Å². The fraction of sp³-hybridized carbons (Fsp3) is 0.875. The van der Waals surface area contributed by atoms with Gasteiger partial charge in [-0.3, -0.25) is 0 Å². The van der Waals surface area contributed by atoms with Crippen molar-refractivity contribution in [2.24, 2.45) is 5.92 Å². The number of alkyl halides is 1. The van der Waals surface area contributed by atoms with Crippen molar-refractivity contribution in [1.29, 1.82) is 0 Å². The van der Waals surface area contributed by atoms with E-state index in [-0.39, 0.29) is 0 Å². The summed E-state index contributed by atoms with van der Waals surface area (Å²) in [5, 5.41) is 11.4. The highest BCUT2D eigenvalue weighted by atomic mass is 35.5. The number of halogens is 1. The minimum absolute atomic E-state index is 0.402. The van der Waals surface area contributed by atoms with Gasteiger partial charge in [-0.25, -0.2) is 4.68 Å². The van der Waals surface area contributed by atoms with Crippen LogP contribution < -0.4 is 0 Å². The molecule has 1 aromatic heterocycles. The van der Waals surface area contributed by atoms with Crippen molar-refractivity contribution < 1.29 is 0 Å². The van der Waals surface area contributed by atoms with Crippen LogP contribution in [-0.2, 0) is 12.4 Å². The fourth-order valence-electron chi connectivity index (χ4n) is 1.90. The second kappa shape index (κ2) is 4.05. The molecule has 1 aliphatic carbocycles. The van der Waals surface area contributed by atoms with Gasteiger partial charge in [-0.05, 0) is 29.2 Å². The highest BCUT2D eigenvalue weighted by Gasteiger charge is 2.17. The molecule has 1 aliphatic rings. The Balaban J connectivity index is 1.99. The molecule has 0 unspecified atom stereocenters. The first-order chi connectivity index (χ1) is 6.40. The second-order valence-electron chi connectivity index (χ2n) is 3.56. The van der Waals surface area contributed by atoms with Crippen LogP contribution in [-0.4, -0.2) is 20.2 Å². The maximum atomic E-state index is 5.70. The first-order valence-corrected chi connectivity index (χ1v) is 5.24. The molecule has 72 valence electrons. The molecule has 0 aliphatic heterocycles. The summed E-state index contributed by atoms with van der Waals surface area (Å²) in [7, 11) is 0. The molecule has 0 saturated heterocycles. The van der Waals surface area contributed by atoms with E-state index in [1.54, 1.807) is 0 Å². The first kappa shape index (κ1) is 8.94. The van der Waals surface area contributed by atoms with Gasteiger partial charge in [-0.1, -0.05) is 12.8 Å². The Bertz CT molecular complexity index is 267. The number of aromatic nitrogens is 4. The van der Waals surface area contributed by atoms with E-state index >= 15 is 0 Å². The Morgan fingerprint density at radius 1 is 1.38 bits per heavy atom. The van der Waals surface area contributed by atoms with Gasteiger partial charge in [-0.15, -0.1) is 16.7 Å². The summed E-state index contributed by atoms with van der Waals surface area (Å²) >= 11 is 5.70. The maximum Gasteiger partial charge on any atom is 0.166 e. The van der Waals surface area contributed by atoms with E-state index < -0.39 is 0 Å². The standard InChI is InChI=1S/C8H13ClN4/c9-5-8-10-11-12-13(8)6-7-3-1-2-4-7/h7H,1-6H2. The van der Waals surface area contributed by atoms with Crippen LogP contribution in [0.5, 0.6) is 0 Å². The lowest BCUT2D eigenvalue weighted by Crippen LogP contribution is -2.11. The van der Waals surface area contributed by atoms with Crippen LogP contribution in [0.2, 0.25) is 0 Å². The molecule has 2 rings (SSSR count). The number of rotatable bonds is 3. The van der Waals surface area contributed by atoms with Crippen molar-refractivity contribution in [3.63, 3.8) is 0 Å². The van der Waals surface area contributed by atoms with Crippen molar-refractivity contribution in [1.82, 2.24) is 20.2 Å². The summed E-state index contributed by atoms with van der Waals surface area (Å²) < 4.78 is 1.84. The van der Waals surface area contributed by atoms with Crippen molar-refractivity contribution in [3.05, 3.63) is 5.82 Å². The average molecular weight is 201 g/mol. The average Bonchev–Trinajstić information content (AvgIpc) is 2.76. The normalized spacial score (nSPS) is 18.2. The van der Waals surface area contributed by atoms with Crippen LogP contribution >= 0.6 is 11.6 Å². The molecule has 1 aromatic rings. The van der Waals surface area contributed by atoms with Crippen molar-refractivity contribution in [2.75, 3.05) is 0 Å². The van der Waals surface area contributed by atoms with Gasteiger partial charge in [0, 0.05) is 6.54 Å². The van der Waals surface area contributed by atoms with E-state index in [0.717, 1.165) is 18.3 Å². The number of tetrazole rings is 1. The van der Waals surface area contributed by atoms with Crippen LogP contribution in [0.1, 0.15) is 31.5 Å². The first-order valence-electron chi connectivity index (χ1n) is 4.71. The lowest BCUT2D eigenvalue weighted by molar-refractivity contribution is 0.415. The Kier molecular flexibility index (Phi) is 2.78. The summed E-state index contributed by atoms with van der Waals surface area (Å²) in [6.45, 7) is 0.940. The van der Waals surface area contributed by atoms with Gasteiger partial charge in [0.1, 0.15) is 0 Å². The van der Waals surface area contributed by atoms with E-state index in [1.165, 1.54) is 25.7 Å². The maximum absolute atomic E-state index is 5.70. The molecule has 0 radical (unpaired) electrons. The van der Waals surface area contributed by atoms with Crippen LogP contribution in [0.3, 0.4) is 0 Å². The van der Waals surface area contributed by atoms with Gasteiger partial charge in [0.25, 0.3) is 0 Å². The zero-order valence-electron chi connectivity index (χ0n) is 7.49. The largest absolute Gasteiger partial charge is 0.228 e. The van der Waals surface area contributed by atoms with Gasteiger partial charge in [0.05, 0.1) is 5.88 Å². The minimum atomic E-state index is 0.402. The highest BCUT2D eigenvalue weighted by molar-refractivity contribution is 6.16. The highest BCUT2D eigenvalue weighted by Crippen LogP contribution is 2.26. The van der Waals surface area contributed by atoms with Crippen molar-refractivity contribution in [3.8, 4) is 0 Å². The van der Waals surface area contributed by atoms with Gasteiger partial charge in [0.2, 0.25) is 0 Å². The lowest BCUT2D eigenvalue weighted by Gasteiger charge is -2.08. The molecule has 0 amide bonds. The SMILES string of the molecule is ClCc1nnnn1CC1CCCC1. The molecule has 1 heterocycles. The fourth-order valence-corrected chi connectivity index (χ4v) is 2.09. The van der Waals surface area contributed by atoms with Crippen LogP contribution in [0.25, 0.3) is 0 Å². The quantitative estimate of drug-likeness (QED) is 0.697. The molecule has 0 N–H and O–H groups in total. The molecular formula is C8H13ClN4. The molecule has 1 fully saturated rings. The van der Waals surface area contributed by atoms with Gasteiger partial charge >= 0.3 is 0 Å². The predicted octanol–water partition coefficient (Wildman–Crippen LogP) is 1.60. The summed E-state index contributed by atoms with van der Waals surface area (Å²) in [6, 6.07) is 0. The molecule has 0 bridgehead atoms. The lowest BCUT2D eigenvalue weighted by atomic mass is 10.1. The van der Waals surface area contributed by atoms with E-state index in [4.69, 9.17) is 11.6 Å². The third-order valence-electron chi connectivity index (χ3n) is 2.63. The smallest absolute Gasteiger partial charge is 0.166 e. The molecule has 5 heteroatoms. The number of nitrogens with zero attached hydrogens (tertiary/aromatic N) is 4. The summed E-state index contributed by atoms with van der Waals surface area (Å²) in [5.74, 6) is 1.94. The third kappa shape index (κ3) is 1.99. The van der Waals surface area contributed by atoms with E-state index in [0.29, 0.717) is 5.88 Å². The van der Waals surface area contributed by atoms with E-state index in [2.05, 4.69) is 15.5 Å². The molecule has 0 atom stereocenters. The van der Waals surface area contributed by atoms with E-state index in [1.807, 2.05) is 4.68 Å². The van der Waals surface area contributed by atoms with Gasteiger partial charge in [0.15, 0.2) is 5.82 Å². The Labute approximate surface area is 82.3 Å². The zero-order valence-corrected chi connectivity index (χ0v) is 8.24. The molecule has 1 saturated carbocycles. The zero-order chi connectivity index (χ0) is 9.10. The molecule has 13 heavy (non-hydrogen) atoms. The summed E-state index contributed by atoms with van der Waals surface area (Å²) in [6.07, 6.45) is 5.31. The third-order valence-corrected chi connectivity index (χ3v) is 2.87.